The molecule has 8 nitrogen and oxygen atoms in total. The fourth-order valence-electron chi connectivity index (χ4n) is 5.04. The van der Waals surface area contributed by atoms with E-state index >= 15 is 0 Å². The molecule has 2 aliphatic heterocycles. The molecule has 34 heavy (non-hydrogen) atoms. The molecule has 0 spiro atoms. The van der Waals surface area contributed by atoms with E-state index in [0.29, 0.717) is 35.7 Å². The molecule has 0 radical (unpaired) electrons. The number of nitrogens with one attached hydrogen (secondary N) is 1. The van der Waals surface area contributed by atoms with Crippen LogP contribution in [0.15, 0.2) is 36.4 Å². The fourth-order valence-corrected chi connectivity index (χ4v) is 5.04. The molecule has 0 bridgehead atoms. The van der Waals surface area contributed by atoms with Crippen LogP contribution in [0.3, 0.4) is 0 Å². The monoisotopic (exact) mass is 464 g/mol. The Hall–Kier alpha value is -3.10. The summed E-state index contributed by atoms with van der Waals surface area (Å²) in [6.07, 6.45) is 2.01. The summed E-state index contributed by atoms with van der Waals surface area (Å²) in [6.45, 7) is 7.62. The number of benzene rings is 2. The van der Waals surface area contributed by atoms with Crippen molar-refractivity contribution in [2.75, 3.05) is 36.5 Å². The van der Waals surface area contributed by atoms with Crippen molar-refractivity contribution in [2.24, 2.45) is 0 Å². The van der Waals surface area contributed by atoms with Gasteiger partial charge in [-0.3, -0.25) is 15.1 Å². The van der Waals surface area contributed by atoms with E-state index in [1.165, 1.54) is 12.8 Å². The van der Waals surface area contributed by atoms with Gasteiger partial charge in [-0.25, -0.2) is 9.80 Å². The van der Waals surface area contributed by atoms with Crippen LogP contribution in [-0.4, -0.2) is 55.8 Å². The second kappa shape index (κ2) is 8.92. The van der Waals surface area contributed by atoms with Gasteiger partial charge >= 0.3 is 6.09 Å². The van der Waals surface area contributed by atoms with Crippen molar-refractivity contribution in [3.8, 4) is 11.5 Å². The van der Waals surface area contributed by atoms with Gasteiger partial charge in [0.25, 0.3) is 0 Å². The number of rotatable bonds is 4. The highest BCUT2D eigenvalue weighted by atomic mass is 16.6. The molecule has 2 atom stereocenters. The molecule has 1 N–H and O–H groups in total. The van der Waals surface area contributed by atoms with E-state index in [1.54, 1.807) is 29.9 Å². The smallest absolute Gasteiger partial charge is 0.420 e. The number of anilines is 2. The summed E-state index contributed by atoms with van der Waals surface area (Å²) >= 11 is 0. The van der Waals surface area contributed by atoms with Gasteiger partial charge in [0.15, 0.2) is 11.5 Å². The summed E-state index contributed by atoms with van der Waals surface area (Å²) < 4.78 is 11.2. The Labute approximate surface area is 200 Å². The lowest BCUT2D eigenvalue weighted by atomic mass is 9.97. The average molecular weight is 465 g/mol. The largest absolute Gasteiger partial charge is 0.493 e. The second-order valence-electron chi connectivity index (χ2n) is 9.56. The zero-order chi connectivity index (χ0) is 24.0. The summed E-state index contributed by atoms with van der Waals surface area (Å²) in [6, 6.07) is 12.0. The minimum Gasteiger partial charge on any atom is -0.493 e. The minimum absolute atomic E-state index is 0.0443. The Balaban J connectivity index is 1.46. The number of nitrogens with zero attached hydrogens (tertiary/aromatic N) is 3. The van der Waals surface area contributed by atoms with Gasteiger partial charge in [0.1, 0.15) is 0 Å². The lowest BCUT2D eigenvalue weighted by Crippen LogP contribution is -2.52. The van der Waals surface area contributed by atoms with Crippen molar-refractivity contribution in [1.29, 1.82) is 0 Å². The molecular weight excluding hydrogens is 432 g/mol. The molecule has 2 aromatic carbocycles. The van der Waals surface area contributed by atoms with E-state index in [1.807, 2.05) is 38.1 Å². The first-order chi connectivity index (χ1) is 16.4. The van der Waals surface area contributed by atoms with Crippen LogP contribution in [0.25, 0.3) is 0 Å². The fraction of sp³-hybridized carbons (Fsp3) is 0.462. The maximum atomic E-state index is 13.4. The lowest BCUT2D eigenvalue weighted by molar-refractivity contribution is -0.117. The molecule has 2 amide bonds. The zero-order valence-electron chi connectivity index (χ0n) is 20.2. The van der Waals surface area contributed by atoms with Crippen LogP contribution in [-0.2, 0) is 4.79 Å². The molecule has 5 rings (SSSR count). The maximum absolute atomic E-state index is 13.4. The van der Waals surface area contributed by atoms with E-state index in [-0.39, 0.29) is 11.9 Å². The first-order valence-electron chi connectivity index (χ1n) is 11.9. The number of fused-ring (bicyclic) bond motifs is 1. The van der Waals surface area contributed by atoms with Crippen molar-refractivity contribution >= 4 is 23.4 Å². The highest BCUT2D eigenvalue weighted by Crippen LogP contribution is 2.40. The number of hydrogen-bond donors (Lipinski definition) is 1. The summed E-state index contributed by atoms with van der Waals surface area (Å²) in [5.74, 6) is 1.16. The summed E-state index contributed by atoms with van der Waals surface area (Å²) in [5.41, 5.74) is 7.11. The topological polar surface area (TPSA) is 74.3 Å². The quantitative estimate of drug-likeness (QED) is 0.741. The van der Waals surface area contributed by atoms with Crippen molar-refractivity contribution < 1.29 is 19.1 Å². The van der Waals surface area contributed by atoms with Crippen molar-refractivity contribution in [3.63, 3.8) is 0 Å². The Morgan fingerprint density at radius 1 is 1.03 bits per heavy atom. The van der Waals surface area contributed by atoms with Crippen molar-refractivity contribution in [2.45, 2.75) is 51.6 Å². The van der Waals surface area contributed by atoms with Crippen LogP contribution in [0, 0.1) is 6.92 Å². The Morgan fingerprint density at radius 3 is 2.53 bits per heavy atom. The molecule has 2 aromatic rings. The zero-order valence-corrected chi connectivity index (χ0v) is 20.2. The number of amides is 2. The Kier molecular flexibility index (Phi) is 5.95. The minimum atomic E-state index is -0.486. The normalized spacial score (nSPS) is 22.5. The third kappa shape index (κ3) is 4.23. The first kappa shape index (κ1) is 22.7. The molecule has 2 heterocycles. The lowest BCUT2D eigenvalue weighted by Gasteiger charge is -2.40. The predicted molar refractivity (Wildman–Crippen MR) is 131 cm³/mol. The van der Waals surface area contributed by atoms with Crippen molar-refractivity contribution in [1.82, 2.24) is 10.4 Å². The molecule has 1 saturated heterocycles. The van der Waals surface area contributed by atoms with Gasteiger partial charge in [-0.2, -0.15) is 0 Å². The molecule has 1 aliphatic carbocycles. The Morgan fingerprint density at radius 2 is 1.82 bits per heavy atom. The molecule has 0 aromatic heterocycles. The number of carbonyl (C=O) groups excluding carboxylic acids is 2. The molecule has 180 valence electrons. The van der Waals surface area contributed by atoms with Crippen molar-refractivity contribution in [3.05, 3.63) is 47.5 Å². The van der Waals surface area contributed by atoms with Crippen LogP contribution in [0.4, 0.5) is 16.2 Å². The SMILES string of the molecule is COc1cc(C)ccc1OC(=O)N1C[C@H](C)N(C(C)=O)c2ccc(C3CNN(C4CC4)C3)cc21. The van der Waals surface area contributed by atoms with E-state index in [4.69, 9.17) is 9.47 Å². The highest BCUT2D eigenvalue weighted by Gasteiger charge is 2.38. The standard InChI is InChI=1S/C26H32N4O4/c1-16-5-10-24(25(11-16)33-4)34-26(32)28-14-17(2)30(18(3)31)22-9-6-19(12-23(22)28)20-13-27-29(15-20)21-7-8-21/h5-6,9-12,17,20-21,27H,7-8,13-15H2,1-4H3/t17-,20?/m0/s1. The van der Waals surface area contributed by atoms with Gasteiger partial charge in [0.05, 0.1) is 24.5 Å². The molecular formula is C26H32N4O4. The third-order valence-corrected chi connectivity index (χ3v) is 6.93. The van der Waals surface area contributed by atoms with Gasteiger partial charge in [0.2, 0.25) is 5.91 Å². The predicted octanol–water partition coefficient (Wildman–Crippen LogP) is 3.83. The van der Waals surface area contributed by atoms with E-state index in [2.05, 4.69) is 16.5 Å². The van der Waals surface area contributed by atoms with Crippen LogP contribution in [0.5, 0.6) is 11.5 Å². The van der Waals surface area contributed by atoms with E-state index in [9.17, 15) is 9.59 Å². The maximum Gasteiger partial charge on any atom is 0.420 e. The summed E-state index contributed by atoms with van der Waals surface area (Å²) in [7, 11) is 1.56. The van der Waals surface area contributed by atoms with Crippen LogP contribution < -0.4 is 24.7 Å². The van der Waals surface area contributed by atoms with Crippen LogP contribution in [0.2, 0.25) is 0 Å². The van der Waals surface area contributed by atoms with E-state index < -0.39 is 6.09 Å². The summed E-state index contributed by atoms with van der Waals surface area (Å²) in [4.78, 5) is 29.3. The second-order valence-corrected chi connectivity index (χ2v) is 9.56. The first-order valence-corrected chi connectivity index (χ1v) is 11.9. The number of aryl methyl sites for hydroxylation is 1. The van der Waals surface area contributed by atoms with Gasteiger partial charge < -0.3 is 14.4 Å². The number of hydrazine groups is 1. The molecule has 1 unspecified atom stereocenters. The van der Waals surface area contributed by atoms with Crippen LogP contribution in [0.1, 0.15) is 43.7 Å². The van der Waals surface area contributed by atoms with Gasteiger partial charge in [0, 0.05) is 38.5 Å². The number of ether oxygens (including phenoxy) is 2. The average Bonchev–Trinajstić information content (AvgIpc) is 3.55. The molecule has 1 saturated carbocycles. The van der Waals surface area contributed by atoms with E-state index in [0.717, 1.165) is 29.9 Å². The Bertz CT molecular complexity index is 1120. The third-order valence-electron chi connectivity index (χ3n) is 6.93. The molecule has 3 aliphatic rings. The van der Waals surface area contributed by atoms with Gasteiger partial charge in [-0.15, -0.1) is 0 Å². The number of hydrogen-bond acceptors (Lipinski definition) is 6. The highest BCUT2D eigenvalue weighted by molar-refractivity contribution is 6.02. The van der Waals surface area contributed by atoms with Crippen LogP contribution >= 0.6 is 0 Å². The van der Waals surface area contributed by atoms with Gasteiger partial charge in [-0.1, -0.05) is 12.1 Å². The molecule has 8 heteroatoms. The number of carbonyl (C=O) groups is 2. The van der Waals surface area contributed by atoms with Gasteiger partial charge in [-0.05, 0) is 62.1 Å². The number of methoxy groups -OCH3 is 1. The summed E-state index contributed by atoms with van der Waals surface area (Å²) in [5, 5.41) is 2.34. The molecule has 2 fully saturated rings.